The molecule has 1 N–H and O–H groups in total. The maximum absolute atomic E-state index is 12.3. The number of carbonyl (C=O) groups is 1. The van der Waals surface area contributed by atoms with E-state index in [9.17, 15) is 4.79 Å². The molecule has 0 aliphatic carbocycles. The van der Waals surface area contributed by atoms with Gasteiger partial charge in [0, 0.05) is 18.5 Å². The van der Waals surface area contributed by atoms with Crippen LogP contribution in [0.3, 0.4) is 0 Å². The summed E-state index contributed by atoms with van der Waals surface area (Å²) in [6.07, 6.45) is 9.53. The lowest BCUT2D eigenvalue weighted by molar-refractivity contribution is -0.127. The van der Waals surface area contributed by atoms with Gasteiger partial charge >= 0.3 is 0 Å². The molecular formula is C16H27N3O. The second-order valence-electron chi connectivity index (χ2n) is 6.00. The Bertz CT molecular complexity index is 355. The SMILES string of the molecule is C#CCN1CCC(C(=O)NC2CCCN(CC)C2)CC1. The number of rotatable bonds is 4. The fourth-order valence-electron chi connectivity index (χ4n) is 3.26. The zero-order chi connectivity index (χ0) is 14.4. The number of hydrogen-bond donors (Lipinski definition) is 1. The minimum absolute atomic E-state index is 0.182. The molecule has 0 saturated carbocycles. The van der Waals surface area contributed by atoms with Crippen LogP contribution in [-0.4, -0.2) is 61.0 Å². The van der Waals surface area contributed by atoms with Crippen molar-refractivity contribution in [1.82, 2.24) is 15.1 Å². The van der Waals surface area contributed by atoms with Crippen LogP contribution < -0.4 is 5.32 Å². The first-order chi connectivity index (χ1) is 9.72. The van der Waals surface area contributed by atoms with E-state index in [1.54, 1.807) is 0 Å². The van der Waals surface area contributed by atoms with Crippen molar-refractivity contribution in [2.45, 2.75) is 38.6 Å². The number of likely N-dealkylation sites (N-methyl/N-ethyl adjacent to an activating group) is 1. The second-order valence-corrected chi connectivity index (χ2v) is 6.00. The second kappa shape index (κ2) is 7.66. The average molecular weight is 277 g/mol. The molecule has 2 fully saturated rings. The van der Waals surface area contributed by atoms with Gasteiger partial charge in [-0.1, -0.05) is 12.8 Å². The Morgan fingerprint density at radius 2 is 2.00 bits per heavy atom. The van der Waals surface area contributed by atoms with Gasteiger partial charge in [-0.15, -0.1) is 6.42 Å². The fraction of sp³-hybridized carbons (Fsp3) is 0.812. The number of terminal acetylenes is 1. The van der Waals surface area contributed by atoms with Gasteiger partial charge in [-0.05, 0) is 51.9 Å². The molecule has 1 unspecified atom stereocenters. The number of likely N-dealkylation sites (tertiary alicyclic amines) is 2. The Kier molecular flexibility index (Phi) is 5.87. The van der Waals surface area contributed by atoms with Crippen molar-refractivity contribution in [3.63, 3.8) is 0 Å². The van der Waals surface area contributed by atoms with Crippen molar-refractivity contribution < 1.29 is 4.79 Å². The zero-order valence-electron chi connectivity index (χ0n) is 12.6. The number of nitrogens with one attached hydrogen (secondary N) is 1. The van der Waals surface area contributed by atoms with Crippen molar-refractivity contribution in [2.75, 3.05) is 39.3 Å². The van der Waals surface area contributed by atoms with Crippen LogP contribution in [0.5, 0.6) is 0 Å². The third-order valence-electron chi connectivity index (χ3n) is 4.57. The lowest BCUT2D eigenvalue weighted by Crippen LogP contribution is -2.50. The predicted octanol–water partition coefficient (Wildman–Crippen LogP) is 0.932. The predicted molar refractivity (Wildman–Crippen MR) is 81.3 cm³/mol. The van der Waals surface area contributed by atoms with Crippen LogP contribution in [0.15, 0.2) is 0 Å². The fourth-order valence-corrected chi connectivity index (χ4v) is 3.26. The highest BCUT2D eigenvalue weighted by Gasteiger charge is 2.27. The first-order valence-corrected chi connectivity index (χ1v) is 7.91. The molecule has 2 heterocycles. The summed E-state index contributed by atoms with van der Waals surface area (Å²) in [5.41, 5.74) is 0. The quantitative estimate of drug-likeness (QED) is 0.777. The van der Waals surface area contributed by atoms with Crippen molar-refractivity contribution >= 4 is 5.91 Å². The van der Waals surface area contributed by atoms with E-state index >= 15 is 0 Å². The molecule has 4 nitrogen and oxygen atoms in total. The molecule has 0 aromatic carbocycles. The lowest BCUT2D eigenvalue weighted by atomic mass is 9.95. The first kappa shape index (κ1) is 15.3. The van der Waals surface area contributed by atoms with Gasteiger partial charge in [-0.25, -0.2) is 0 Å². The Hall–Kier alpha value is -1.05. The van der Waals surface area contributed by atoms with E-state index in [-0.39, 0.29) is 11.8 Å². The molecule has 0 spiro atoms. The number of hydrogen-bond acceptors (Lipinski definition) is 3. The van der Waals surface area contributed by atoms with Crippen molar-refractivity contribution in [3.05, 3.63) is 0 Å². The average Bonchev–Trinajstić information content (AvgIpc) is 2.48. The summed E-state index contributed by atoms with van der Waals surface area (Å²) in [4.78, 5) is 17.0. The summed E-state index contributed by atoms with van der Waals surface area (Å²) in [6.45, 7) is 8.07. The van der Waals surface area contributed by atoms with Crippen LogP contribution in [0.4, 0.5) is 0 Å². The Labute approximate surface area is 122 Å². The van der Waals surface area contributed by atoms with E-state index in [0.29, 0.717) is 12.6 Å². The van der Waals surface area contributed by atoms with Gasteiger partial charge < -0.3 is 10.2 Å². The lowest BCUT2D eigenvalue weighted by Gasteiger charge is -2.34. The molecule has 2 rings (SSSR count). The smallest absolute Gasteiger partial charge is 0.223 e. The van der Waals surface area contributed by atoms with Gasteiger partial charge in [-0.2, -0.15) is 0 Å². The molecule has 2 saturated heterocycles. The number of amides is 1. The van der Waals surface area contributed by atoms with Crippen molar-refractivity contribution in [1.29, 1.82) is 0 Å². The highest BCUT2D eigenvalue weighted by atomic mass is 16.2. The molecule has 1 amide bonds. The third kappa shape index (κ3) is 4.22. The molecule has 0 radical (unpaired) electrons. The van der Waals surface area contributed by atoms with Gasteiger partial charge in [-0.3, -0.25) is 9.69 Å². The molecule has 2 aliphatic rings. The number of nitrogens with zero attached hydrogens (tertiary/aromatic N) is 2. The summed E-state index contributed by atoms with van der Waals surface area (Å²) >= 11 is 0. The standard InChI is InChI=1S/C16H27N3O/c1-3-9-19-11-7-14(8-12-19)16(20)17-15-6-5-10-18(4-2)13-15/h1,14-15H,4-13H2,2H3,(H,17,20). The summed E-state index contributed by atoms with van der Waals surface area (Å²) in [7, 11) is 0. The van der Waals surface area contributed by atoms with Crippen LogP contribution in [-0.2, 0) is 4.79 Å². The number of carbonyl (C=O) groups excluding carboxylic acids is 1. The van der Waals surface area contributed by atoms with E-state index in [1.807, 2.05) is 0 Å². The maximum atomic E-state index is 12.3. The van der Waals surface area contributed by atoms with Crippen LogP contribution in [0.1, 0.15) is 32.6 Å². The molecule has 1 atom stereocenters. The monoisotopic (exact) mass is 277 g/mol. The van der Waals surface area contributed by atoms with Gasteiger partial charge in [0.15, 0.2) is 0 Å². The molecule has 0 aromatic rings. The molecule has 2 aliphatic heterocycles. The molecule has 112 valence electrons. The zero-order valence-corrected chi connectivity index (χ0v) is 12.6. The Morgan fingerprint density at radius 3 is 2.65 bits per heavy atom. The molecular weight excluding hydrogens is 250 g/mol. The maximum Gasteiger partial charge on any atom is 0.223 e. The van der Waals surface area contributed by atoms with E-state index < -0.39 is 0 Å². The van der Waals surface area contributed by atoms with Gasteiger partial charge in [0.05, 0.1) is 6.54 Å². The van der Waals surface area contributed by atoms with Gasteiger partial charge in [0.25, 0.3) is 0 Å². The summed E-state index contributed by atoms with van der Waals surface area (Å²) in [5.74, 6) is 3.12. The normalized spacial score (nSPS) is 26.1. The topological polar surface area (TPSA) is 35.6 Å². The van der Waals surface area contributed by atoms with Gasteiger partial charge in [0.2, 0.25) is 5.91 Å². The van der Waals surface area contributed by atoms with Crippen LogP contribution >= 0.6 is 0 Å². The van der Waals surface area contributed by atoms with E-state index in [1.165, 1.54) is 13.0 Å². The molecule has 4 heteroatoms. The largest absolute Gasteiger partial charge is 0.352 e. The first-order valence-electron chi connectivity index (χ1n) is 7.91. The van der Waals surface area contributed by atoms with Crippen molar-refractivity contribution in [2.24, 2.45) is 5.92 Å². The Morgan fingerprint density at radius 1 is 1.25 bits per heavy atom. The summed E-state index contributed by atoms with van der Waals surface area (Å²) in [5, 5.41) is 3.26. The van der Waals surface area contributed by atoms with Gasteiger partial charge in [0.1, 0.15) is 0 Å². The van der Waals surface area contributed by atoms with Crippen LogP contribution in [0, 0.1) is 18.3 Å². The minimum atomic E-state index is 0.182. The number of piperidine rings is 2. The molecule has 20 heavy (non-hydrogen) atoms. The minimum Gasteiger partial charge on any atom is -0.352 e. The van der Waals surface area contributed by atoms with E-state index in [0.717, 1.165) is 45.4 Å². The Balaban J connectivity index is 1.74. The van der Waals surface area contributed by atoms with Crippen molar-refractivity contribution in [3.8, 4) is 12.3 Å². The highest BCUT2D eigenvalue weighted by molar-refractivity contribution is 5.79. The highest BCUT2D eigenvalue weighted by Crippen LogP contribution is 2.18. The third-order valence-corrected chi connectivity index (χ3v) is 4.57. The summed E-state index contributed by atoms with van der Waals surface area (Å²) in [6, 6.07) is 0.347. The summed E-state index contributed by atoms with van der Waals surface area (Å²) < 4.78 is 0. The molecule has 0 bridgehead atoms. The van der Waals surface area contributed by atoms with Crippen LogP contribution in [0.25, 0.3) is 0 Å². The van der Waals surface area contributed by atoms with Crippen LogP contribution in [0.2, 0.25) is 0 Å². The van der Waals surface area contributed by atoms with E-state index in [4.69, 9.17) is 6.42 Å². The van der Waals surface area contributed by atoms with E-state index in [2.05, 4.69) is 28.0 Å². The molecule has 0 aromatic heterocycles.